The molecule has 0 unspecified atom stereocenters. The number of nitrogens with one attached hydrogen (secondary N) is 1. The van der Waals surface area contributed by atoms with Crippen molar-refractivity contribution in [2.24, 2.45) is 0 Å². The molecule has 106 valence electrons. The van der Waals surface area contributed by atoms with Gasteiger partial charge in [0.1, 0.15) is 15.2 Å². The molecule has 0 amide bonds. The molecule has 4 nitrogen and oxygen atoms in total. The molecule has 0 aromatic carbocycles. The highest BCUT2D eigenvalue weighted by atomic mass is 35.5. The normalized spacial score (nSPS) is 16.6. The lowest BCUT2D eigenvalue weighted by Crippen LogP contribution is -2.42. The third-order valence-corrected chi connectivity index (χ3v) is 4.65. The average Bonchev–Trinajstić information content (AvgIpc) is 2.92. The summed E-state index contributed by atoms with van der Waals surface area (Å²) in [5, 5.41) is 4.62. The maximum absolute atomic E-state index is 5.88. The molecule has 2 aromatic rings. The van der Waals surface area contributed by atoms with Crippen molar-refractivity contribution in [3.05, 3.63) is 39.9 Å². The summed E-state index contributed by atoms with van der Waals surface area (Å²) >= 11 is 7.43. The first-order valence-electron chi connectivity index (χ1n) is 6.81. The molecule has 1 aliphatic heterocycles. The molecule has 6 heteroatoms. The number of hydrogen-bond donors (Lipinski definition) is 1. The summed E-state index contributed by atoms with van der Waals surface area (Å²) in [6, 6.07) is 6.62. The maximum atomic E-state index is 5.88. The summed E-state index contributed by atoms with van der Waals surface area (Å²) in [7, 11) is 0. The number of rotatable bonds is 4. The first-order valence-corrected chi connectivity index (χ1v) is 8.00. The van der Waals surface area contributed by atoms with Gasteiger partial charge in [-0.3, -0.25) is 0 Å². The van der Waals surface area contributed by atoms with Crippen LogP contribution in [0.1, 0.15) is 17.8 Å². The summed E-state index contributed by atoms with van der Waals surface area (Å²) in [5.41, 5.74) is 0. The average molecular weight is 309 g/mol. The smallest absolute Gasteiger partial charge is 0.128 e. The topological polar surface area (TPSA) is 41.1 Å². The zero-order valence-electron chi connectivity index (χ0n) is 11.1. The number of thiazole rings is 1. The summed E-state index contributed by atoms with van der Waals surface area (Å²) in [6.07, 6.45) is 5.84. The summed E-state index contributed by atoms with van der Waals surface area (Å²) in [5.74, 6) is 1.08. The van der Waals surface area contributed by atoms with Crippen LogP contribution in [0.4, 0.5) is 5.82 Å². The lowest BCUT2D eigenvalue weighted by atomic mass is 10.1. The second-order valence-corrected chi connectivity index (χ2v) is 6.63. The second-order valence-electron chi connectivity index (χ2n) is 4.89. The fourth-order valence-corrected chi connectivity index (χ4v) is 3.36. The van der Waals surface area contributed by atoms with Gasteiger partial charge in [-0.2, -0.15) is 0 Å². The van der Waals surface area contributed by atoms with E-state index < -0.39 is 0 Å². The lowest BCUT2D eigenvalue weighted by Gasteiger charge is -2.33. The number of halogens is 1. The van der Waals surface area contributed by atoms with Gasteiger partial charge in [-0.25, -0.2) is 9.97 Å². The van der Waals surface area contributed by atoms with Gasteiger partial charge in [0.25, 0.3) is 0 Å². The number of nitrogens with zero attached hydrogens (tertiary/aromatic N) is 3. The number of aromatic nitrogens is 2. The highest BCUT2D eigenvalue weighted by Gasteiger charge is 2.19. The molecule has 3 rings (SSSR count). The highest BCUT2D eigenvalue weighted by molar-refractivity contribution is 7.15. The van der Waals surface area contributed by atoms with Crippen LogP contribution in [-0.4, -0.2) is 29.1 Å². The van der Waals surface area contributed by atoms with Crippen LogP contribution in [-0.2, 0) is 6.54 Å². The molecule has 0 spiro atoms. The zero-order chi connectivity index (χ0) is 13.8. The van der Waals surface area contributed by atoms with Gasteiger partial charge in [0, 0.05) is 31.9 Å². The Morgan fingerprint density at radius 1 is 1.30 bits per heavy atom. The van der Waals surface area contributed by atoms with Crippen molar-refractivity contribution in [3.8, 4) is 0 Å². The van der Waals surface area contributed by atoms with E-state index in [0.717, 1.165) is 47.6 Å². The molecule has 1 N–H and O–H groups in total. The van der Waals surface area contributed by atoms with E-state index in [9.17, 15) is 0 Å². The molecule has 1 fully saturated rings. The van der Waals surface area contributed by atoms with E-state index in [1.807, 2.05) is 18.3 Å². The van der Waals surface area contributed by atoms with Gasteiger partial charge < -0.3 is 10.2 Å². The minimum Gasteiger partial charge on any atom is -0.357 e. The maximum Gasteiger partial charge on any atom is 0.128 e. The Morgan fingerprint density at radius 2 is 2.15 bits per heavy atom. The first-order chi connectivity index (χ1) is 9.81. The van der Waals surface area contributed by atoms with Crippen LogP contribution in [0.5, 0.6) is 0 Å². The number of anilines is 1. The van der Waals surface area contributed by atoms with Crippen LogP contribution in [0.25, 0.3) is 0 Å². The van der Waals surface area contributed by atoms with Crippen LogP contribution < -0.4 is 10.2 Å². The van der Waals surface area contributed by atoms with Crippen molar-refractivity contribution >= 4 is 28.8 Å². The van der Waals surface area contributed by atoms with Gasteiger partial charge in [0.15, 0.2) is 0 Å². The molecule has 2 aromatic heterocycles. The van der Waals surface area contributed by atoms with Gasteiger partial charge in [0.2, 0.25) is 0 Å². The van der Waals surface area contributed by atoms with Crippen molar-refractivity contribution in [2.75, 3.05) is 18.0 Å². The van der Waals surface area contributed by atoms with E-state index in [1.165, 1.54) is 0 Å². The third-order valence-electron chi connectivity index (χ3n) is 3.54. The Hall–Kier alpha value is -1.17. The molecule has 1 saturated heterocycles. The van der Waals surface area contributed by atoms with Crippen LogP contribution >= 0.6 is 22.9 Å². The van der Waals surface area contributed by atoms with Crippen LogP contribution in [0, 0.1) is 0 Å². The van der Waals surface area contributed by atoms with Crippen LogP contribution in [0.2, 0.25) is 4.34 Å². The van der Waals surface area contributed by atoms with Gasteiger partial charge in [-0.15, -0.1) is 11.3 Å². The molecule has 0 radical (unpaired) electrons. The van der Waals surface area contributed by atoms with E-state index >= 15 is 0 Å². The lowest BCUT2D eigenvalue weighted by molar-refractivity contribution is 0.412. The van der Waals surface area contributed by atoms with Crippen molar-refractivity contribution in [2.45, 2.75) is 25.4 Å². The molecule has 0 bridgehead atoms. The SMILES string of the molecule is Clc1cnc(CNC2CCN(c3ccccn3)CC2)s1. The quantitative estimate of drug-likeness (QED) is 0.943. The van der Waals surface area contributed by atoms with E-state index in [2.05, 4.69) is 26.3 Å². The van der Waals surface area contributed by atoms with Crippen LogP contribution in [0.3, 0.4) is 0 Å². The molecule has 0 aliphatic carbocycles. The predicted molar refractivity (Wildman–Crippen MR) is 83.4 cm³/mol. The van der Waals surface area contributed by atoms with Crippen molar-refractivity contribution in [1.29, 1.82) is 0 Å². The molecule has 3 heterocycles. The van der Waals surface area contributed by atoms with Crippen molar-refractivity contribution in [3.63, 3.8) is 0 Å². The molecular formula is C14H17ClN4S. The minimum atomic E-state index is 0.553. The van der Waals surface area contributed by atoms with Crippen molar-refractivity contribution < 1.29 is 0 Å². The number of pyridine rings is 1. The molecule has 0 saturated carbocycles. The van der Waals surface area contributed by atoms with Crippen molar-refractivity contribution in [1.82, 2.24) is 15.3 Å². The molecule has 20 heavy (non-hydrogen) atoms. The highest BCUT2D eigenvalue weighted by Crippen LogP contribution is 2.20. The van der Waals surface area contributed by atoms with E-state index in [0.29, 0.717) is 6.04 Å². The first kappa shape index (κ1) is 13.8. The van der Waals surface area contributed by atoms with E-state index in [4.69, 9.17) is 11.6 Å². The van der Waals surface area contributed by atoms with Gasteiger partial charge in [0.05, 0.1) is 6.20 Å². The fourth-order valence-electron chi connectivity index (χ4n) is 2.45. The van der Waals surface area contributed by atoms with E-state index in [-0.39, 0.29) is 0 Å². The predicted octanol–water partition coefficient (Wildman–Crippen LogP) is 2.95. The Balaban J connectivity index is 1.47. The number of hydrogen-bond acceptors (Lipinski definition) is 5. The van der Waals surface area contributed by atoms with Gasteiger partial charge in [-0.1, -0.05) is 17.7 Å². The van der Waals surface area contributed by atoms with E-state index in [1.54, 1.807) is 17.5 Å². The summed E-state index contributed by atoms with van der Waals surface area (Å²) in [4.78, 5) is 11.0. The monoisotopic (exact) mass is 308 g/mol. The molecular weight excluding hydrogens is 292 g/mol. The Kier molecular flexibility index (Phi) is 4.50. The second kappa shape index (κ2) is 6.52. The minimum absolute atomic E-state index is 0.553. The van der Waals surface area contributed by atoms with Crippen LogP contribution in [0.15, 0.2) is 30.6 Å². The largest absolute Gasteiger partial charge is 0.357 e. The Morgan fingerprint density at radius 3 is 2.80 bits per heavy atom. The van der Waals surface area contributed by atoms with Gasteiger partial charge in [-0.05, 0) is 25.0 Å². The summed E-state index contributed by atoms with van der Waals surface area (Å²) < 4.78 is 0.756. The van der Waals surface area contributed by atoms with Gasteiger partial charge >= 0.3 is 0 Å². The number of piperidine rings is 1. The third kappa shape index (κ3) is 3.48. The zero-order valence-corrected chi connectivity index (χ0v) is 12.7. The Labute approximate surface area is 127 Å². The fraction of sp³-hybridized carbons (Fsp3) is 0.429. The summed E-state index contributed by atoms with van der Waals surface area (Å²) in [6.45, 7) is 2.91. The standard InChI is InChI=1S/C14H17ClN4S/c15-12-9-18-14(20-12)10-17-11-4-7-19(8-5-11)13-3-1-2-6-16-13/h1-3,6,9,11,17H,4-5,7-8,10H2. The molecule has 1 aliphatic rings. The Bertz CT molecular complexity index is 537. The molecule has 0 atom stereocenters.